The third-order valence-electron chi connectivity index (χ3n) is 5.68. The summed E-state index contributed by atoms with van der Waals surface area (Å²) < 4.78 is 13.4. The van der Waals surface area contributed by atoms with Crippen molar-refractivity contribution in [3.8, 4) is 28.7 Å². The van der Waals surface area contributed by atoms with Crippen molar-refractivity contribution in [1.29, 1.82) is 0 Å². The van der Waals surface area contributed by atoms with Crippen molar-refractivity contribution in [1.82, 2.24) is 19.5 Å². The van der Waals surface area contributed by atoms with Gasteiger partial charge in [0, 0.05) is 18.0 Å². The maximum Gasteiger partial charge on any atom is 0.258 e. The average molecular weight is 435 g/mol. The van der Waals surface area contributed by atoms with Crippen LogP contribution in [-0.2, 0) is 0 Å². The molecule has 1 aliphatic rings. The Morgan fingerprint density at radius 1 is 1.23 bits per heavy atom. The third-order valence-corrected chi connectivity index (χ3v) is 5.96. The van der Waals surface area contributed by atoms with Crippen LogP contribution in [0.2, 0.25) is 5.02 Å². The highest BCUT2D eigenvalue weighted by Gasteiger charge is 2.19. The molecule has 7 heteroatoms. The summed E-state index contributed by atoms with van der Waals surface area (Å²) in [7, 11) is 0. The first-order valence-corrected chi connectivity index (χ1v) is 10.7. The van der Waals surface area contributed by atoms with Crippen LogP contribution in [0.15, 0.2) is 53.3 Å². The van der Waals surface area contributed by atoms with Gasteiger partial charge in [0.25, 0.3) is 5.89 Å². The first kappa shape index (κ1) is 19.8. The summed E-state index contributed by atoms with van der Waals surface area (Å²) in [4.78, 5) is 9.09. The standard InChI is InChI=1S/C24H23ClN4O2/c1-14-4-5-17(8-14)13-30-21-7-6-18(10-16(21)3)24-27-22(28-31-24)20-12-29-11-15(2)9-19(25)23(29)26-20/h6-7,9-12,17H,1,4-5,8,13H2,2-3H3. The van der Waals surface area contributed by atoms with Gasteiger partial charge in [-0.05, 0) is 74.4 Å². The molecule has 0 N–H and O–H groups in total. The minimum absolute atomic E-state index is 0.423. The van der Waals surface area contributed by atoms with Crippen LogP contribution < -0.4 is 4.74 Å². The average Bonchev–Trinajstić information content (AvgIpc) is 3.46. The van der Waals surface area contributed by atoms with E-state index in [1.165, 1.54) is 5.57 Å². The van der Waals surface area contributed by atoms with Gasteiger partial charge in [-0.25, -0.2) is 4.98 Å². The summed E-state index contributed by atoms with van der Waals surface area (Å²) in [6.07, 6.45) is 7.15. The molecule has 3 aromatic heterocycles. The molecular weight excluding hydrogens is 412 g/mol. The summed E-state index contributed by atoms with van der Waals surface area (Å²) >= 11 is 6.31. The number of ether oxygens (including phenoxy) is 1. The number of fused-ring (bicyclic) bond motifs is 1. The van der Waals surface area contributed by atoms with Crippen molar-refractivity contribution in [3.63, 3.8) is 0 Å². The van der Waals surface area contributed by atoms with Crippen molar-refractivity contribution < 1.29 is 9.26 Å². The van der Waals surface area contributed by atoms with Gasteiger partial charge in [0.15, 0.2) is 5.65 Å². The van der Waals surface area contributed by atoms with E-state index in [4.69, 9.17) is 20.9 Å². The third kappa shape index (κ3) is 3.95. The van der Waals surface area contributed by atoms with Crippen LogP contribution in [0.5, 0.6) is 5.75 Å². The second kappa shape index (κ2) is 7.85. The number of nitrogens with zero attached hydrogens (tertiary/aromatic N) is 4. The van der Waals surface area contributed by atoms with E-state index in [1.807, 2.05) is 54.9 Å². The van der Waals surface area contributed by atoms with Gasteiger partial charge in [-0.1, -0.05) is 28.9 Å². The molecule has 1 atom stereocenters. The number of hydrogen-bond acceptors (Lipinski definition) is 5. The molecule has 0 bridgehead atoms. The van der Waals surface area contributed by atoms with E-state index >= 15 is 0 Å². The fraction of sp³-hybridized carbons (Fsp3) is 0.292. The number of allylic oxidation sites excluding steroid dienone is 1. The highest BCUT2D eigenvalue weighted by Crippen LogP contribution is 2.31. The van der Waals surface area contributed by atoms with E-state index in [1.54, 1.807) is 0 Å². The monoisotopic (exact) mass is 434 g/mol. The van der Waals surface area contributed by atoms with Crippen LogP contribution in [-0.4, -0.2) is 26.1 Å². The van der Waals surface area contributed by atoms with E-state index in [2.05, 4.69) is 21.7 Å². The molecule has 6 nitrogen and oxygen atoms in total. The molecule has 0 amide bonds. The van der Waals surface area contributed by atoms with Crippen molar-refractivity contribution in [2.24, 2.45) is 5.92 Å². The molecule has 158 valence electrons. The Labute approximate surface area is 185 Å². The van der Waals surface area contributed by atoms with Gasteiger partial charge in [0.05, 0.1) is 11.6 Å². The minimum atomic E-state index is 0.423. The van der Waals surface area contributed by atoms with Gasteiger partial charge in [-0.15, -0.1) is 0 Å². The van der Waals surface area contributed by atoms with Crippen LogP contribution in [0.3, 0.4) is 0 Å². The predicted octanol–water partition coefficient (Wildman–Crippen LogP) is 6.06. The number of hydrogen-bond donors (Lipinski definition) is 0. The minimum Gasteiger partial charge on any atom is -0.493 e. The maximum absolute atomic E-state index is 6.31. The predicted molar refractivity (Wildman–Crippen MR) is 120 cm³/mol. The zero-order valence-electron chi connectivity index (χ0n) is 17.6. The summed E-state index contributed by atoms with van der Waals surface area (Å²) in [5.41, 5.74) is 5.52. The molecule has 0 spiro atoms. The lowest BCUT2D eigenvalue weighted by Crippen LogP contribution is -2.08. The first-order chi connectivity index (χ1) is 15.0. The largest absolute Gasteiger partial charge is 0.493 e. The van der Waals surface area contributed by atoms with E-state index < -0.39 is 0 Å². The number of aryl methyl sites for hydroxylation is 2. The van der Waals surface area contributed by atoms with Crippen molar-refractivity contribution in [3.05, 3.63) is 65.0 Å². The number of imidazole rings is 1. The first-order valence-electron chi connectivity index (χ1n) is 10.4. The summed E-state index contributed by atoms with van der Waals surface area (Å²) in [6.45, 7) is 8.80. The van der Waals surface area contributed by atoms with Gasteiger partial charge in [-0.3, -0.25) is 0 Å². The van der Waals surface area contributed by atoms with E-state index in [0.29, 0.717) is 34.0 Å². The molecular formula is C24H23ClN4O2. The molecule has 1 aliphatic carbocycles. The number of benzene rings is 1. The van der Waals surface area contributed by atoms with Gasteiger partial charge in [0.2, 0.25) is 5.82 Å². The Kier molecular flexibility index (Phi) is 5.02. The molecule has 1 fully saturated rings. The topological polar surface area (TPSA) is 65.5 Å². The quantitative estimate of drug-likeness (QED) is 0.357. The zero-order valence-corrected chi connectivity index (χ0v) is 18.3. The normalized spacial score (nSPS) is 16.4. The molecule has 31 heavy (non-hydrogen) atoms. The van der Waals surface area contributed by atoms with E-state index in [-0.39, 0.29) is 0 Å². The Hall–Kier alpha value is -3.12. The Morgan fingerprint density at radius 2 is 2.10 bits per heavy atom. The van der Waals surface area contributed by atoms with Crippen LogP contribution in [0, 0.1) is 19.8 Å². The molecule has 3 heterocycles. The molecule has 4 aromatic rings. The number of aromatic nitrogens is 4. The molecule has 1 aromatic carbocycles. The van der Waals surface area contributed by atoms with Gasteiger partial charge < -0.3 is 13.7 Å². The highest BCUT2D eigenvalue weighted by atomic mass is 35.5. The molecule has 5 rings (SSSR count). The second-order valence-corrected chi connectivity index (χ2v) is 8.70. The van der Waals surface area contributed by atoms with Crippen molar-refractivity contribution >= 4 is 17.2 Å². The van der Waals surface area contributed by atoms with Gasteiger partial charge in [0.1, 0.15) is 11.4 Å². The van der Waals surface area contributed by atoms with Crippen LogP contribution in [0.4, 0.5) is 0 Å². The van der Waals surface area contributed by atoms with Gasteiger partial charge >= 0.3 is 0 Å². The number of rotatable bonds is 5. The molecule has 1 saturated carbocycles. The SMILES string of the molecule is C=C1CCC(COc2ccc(-c3nc(-c4cn5cc(C)cc(Cl)c5n4)no3)cc2C)C1. The smallest absolute Gasteiger partial charge is 0.258 e. The second-order valence-electron chi connectivity index (χ2n) is 8.30. The zero-order chi connectivity index (χ0) is 21.5. The fourth-order valence-electron chi connectivity index (χ4n) is 4.06. The van der Waals surface area contributed by atoms with Crippen LogP contribution in [0.1, 0.15) is 30.4 Å². The number of pyridine rings is 1. The molecule has 0 aliphatic heterocycles. The molecule has 1 unspecified atom stereocenters. The lowest BCUT2D eigenvalue weighted by atomic mass is 10.1. The summed E-state index contributed by atoms with van der Waals surface area (Å²) in [5.74, 6) is 2.31. The van der Waals surface area contributed by atoms with Crippen LogP contribution >= 0.6 is 11.6 Å². The number of halogens is 1. The lowest BCUT2D eigenvalue weighted by Gasteiger charge is -2.13. The van der Waals surface area contributed by atoms with Crippen LogP contribution in [0.25, 0.3) is 28.6 Å². The lowest BCUT2D eigenvalue weighted by molar-refractivity contribution is 0.252. The highest BCUT2D eigenvalue weighted by molar-refractivity contribution is 6.33. The van der Waals surface area contributed by atoms with Gasteiger partial charge in [-0.2, -0.15) is 4.98 Å². The Morgan fingerprint density at radius 3 is 2.87 bits per heavy atom. The van der Waals surface area contributed by atoms with Crippen molar-refractivity contribution in [2.75, 3.05) is 6.61 Å². The molecule has 0 radical (unpaired) electrons. The summed E-state index contributed by atoms with van der Waals surface area (Å²) in [5, 5.41) is 4.70. The fourth-order valence-corrected chi connectivity index (χ4v) is 4.37. The van der Waals surface area contributed by atoms with Crippen molar-refractivity contribution in [2.45, 2.75) is 33.1 Å². The molecule has 0 saturated heterocycles. The maximum atomic E-state index is 6.31. The Bertz CT molecular complexity index is 1290. The van der Waals surface area contributed by atoms with E-state index in [0.717, 1.165) is 48.3 Å². The summed E-state index contributed by atoms with van der Waals surface area (Å²) in [6, 6.07) is 7.79. The Balaban J connectivity index is 1.35. The van der Waals surface area contributed by atoms with E-state index in [9.17, 15) is 0 Å².